The fourth-order valence-corrected chi connectivity index (χ4v) is 4.21. The van der Waals surface area contributed by atoms with E-state index in [1.807, 2.05) is 6.07 Å². The largest absolute Gasteiger partial charge is 0.564 e. The van der Waals surface area contributed by atoms with Crippen molar-refractivity contribution in [1.29, 1.82) is 0 Å². The van der Waals surface area contributed by atoms with Crippen LogP contribution < -0.4 is 5.73 Å². The molecule has 1 aliphatic rings. The minimum Gasteiger partial charge on any atom is -0.564 e. The molecule has 143 valence electrons. The molecule has 0 aliphatic carbocycles. The number of benzene rings is 1. The van der Waals surface area contributed by atoms with E-state index < -0.39 is 8.32 Å². The summed E-state index contributed by atoms with van der Waals surface area (Å²) in [6.07, 6.45) is 0. The maximum Gasteiger partial charge on any atom is 0.0458 e. The Hall–Kier alpha value is -0.403. The van der Waals surface area contributed by atoms with Crippen molar-refractivity contribution in [3.63, 3.8) is 0 Å². The number of nitrogens with two attached hydrogens (primary N) is 1. The van der Waals surface area contributed by atoms with Gasteiger partial charge < -0.3 is 10.2 Å². The Bertz CT molecular complexity index is 566. The summed E-state index contributed by atoms with van der Waals surface area (Å²) in [6.45, 7) is 18.9. The van der Waals surface area contributed by atoms with Crippen LogP contribution >= 0.6 is 15.9 Å². The van der Waals surface area contributed by atoms with E-state index in [0.29, 0.717) is 5.04 Å². The maximum absolute atomic E-state index is 6.31. The molecule has 0 unspecified atom stereocenters. The van der Waals surface area contributed by atoms with Crippen LogP contribution in [0.2, 0.25) is 18.1 Å². The third-order valence-electron chi connectivity index (χ3n) is 5.61. The molecule has 0 bridgehead atoms. The molecule has 2 N–H and O–H groups in total. The zero-order valence-electron chi connectivity index (χ0n) is 16.4. The standard InChI is InChI=1S/C19H34BrN3OSi/c1-19(2,3)25(4,5)24-13-12-22-8-10-23(11-9-22)15-16-6-7-18(21)17(20)14-16/h6-7,14H,8-13,15,21H2,1-5H3/q-1. The highest BCUT2D eigenvalue weighted by molar-refractivity contribution is 9.10. The van der Waals surface area contributed by atoms with Gasteiger partial charge in [0.25, 0.3) is 0 Å². The molecule has 0 spiro atoms. The molecule has 0 aromatic heterocycles. The Kier molecular flexibility index (Phi) is 7.13. The lowest BCUT2D eigenvalue weighted by Gasteiger charge is -2.49. The summed E-state index contributed by atoms with van der Waals surface area (Å²) in [4.78, 5) is 5.05. The molecule has 0 atom stereocenters. The van der Waals surface area contributed by atoms with E-state index in [1.54, 1.807) is 0 Å². The molecule has 0 saturated carbocycles. The summed E-state index contributed by atoms with van der Waals surface area (Å²) in [7, 11) is -1.62. The molecule has 1 aromatic carbocycles. The average Bonchev–Trinajstić information content (AvgIpc) is 2.51. The van der Waals surface area contributed by atoms with Gasteiger partial charge >= 0.3 is 0 Å². The predicted molar refractivity (Wildman–Crippen MR) is 113 cm³/mol. The van der Waals surface area contributed by atoms with Crippen LogP contribution in [0.5, 0.6) is 0 Å². The third kappa shape index (κ3) is 6.07. The Balaban J connectivity index is 1.72. The molecule has 1 aromatic rings. The van der Waals surface area contributed by atoms with Gasteiger partial charge in [0.05, 0.1) is 0 Å². The first-order valence-corrected chi connectivity index (χ1v) is 12.9. The number of hydrogen-bond donors (Lipinski definition) is 1. The first kappa shape index (κ1) is 20.9. The van der Waals surface area contributed by atoms with Gasteiger partial charge in [0.15, 0.2) is 0 Å². The molecule has 1 aliphatic heterocycles. The number of halogens is 1. The summed E-state index contributed by atoms with van der Waals surface area (Å²) in [5.74, 6) is 0. The van der Waals surface area contributed by atoms with Gasteiger partial charge in [-0.25, -0.2) is 0 Å². The Morgan fingerprint density at radius 3 is 2.28 bits per heavy atom. The Morgan fingerprint density at radius 1 is 1.12 bits per heavy atom. The van der Waals surface area contributed by atoms with E-state index in [2.05, 4.69) is 71.7 Å². The highest BCUT2D eigenvalue weighted by Crippen LogP contribution is 2.36. The summed E-state index contributed by atoms with van der Waals surface area (Å²) < 4.78 is 7.30. The molecule has 6 heteroatoms. The fourth-order valence-electron chi connectivity index (χ4n) is 2.74. The SMILES string of the molecule is CC(C)(C)[Si-](C)(C)OCCN1CCN(Cc2ccc(N)c(Br)c2)CC1. The van der Waals surface area contributed by atoms with Crippen LogP contribution in [0.3, 0.4) is 0 Å². The summed E-state index contributed by atoms with van der Waals surface area (Å²) in [5, 5.41) is 0.291. The average molecular weight is 428 g/mol. The van der Waals surface area contributed by atoms with E-state index in [1.165, 1.54) is 5.56 Å². The zero-order valence-corrected chi connectivity index (χ0v) is 19.0. The number of rotatable bonds is 6. The maximum atomic E-state index is 6.31. The van der Waals surface area contributed by atoms with Gasteiger partial charge in [0, 0.05) is 56.0 Å². The zero-order chi connectivity index (χ0) is 18.7. The van der Waals surface area contributed by atoms with E-state index in [9.17, 15) is 0 Å². The number of hydrogen-bond acceptors (Lipinski definition) is 4. The molecule has 0 radical (unpaired) electrons. The Morgan fingerprint density at radius 2 is 1.72 bits per heavy atom. The van der Waals surface area contributed by atoms with Crippen molar-refractivity contribution in [2.45, 2.75) is 45.4 Å². The lowest BCUT2D eigenvalue weighted by Crippen LogP contribution is -2.48. The summed E-state index contributed by atoms with van der Waals surface area (Å²) in [5.41, 5.74) is 7.98. The van der Waals surface area contributed by atoms with Crippen molar-refractivity contribution in [3.8, 4) is 0 Å². The number of piperazine rings is 1. The molecule has 1 heterocycles. The minimum absolute atomic E-state index is 0.291. The fraction of sp³-hybridized carbons (Fsp3) is 0.684. The first-order valence-electron chi connectivity index (χ1n) is 9.21. The second-order valence-corrected chi connectivity index (χ2v) is 14.2. The molecule has 25 heavy (non-hydrogen) atoms. The molecule has 4 nitrogen and oxygen atoms in total. The lowest BCUT2D eigenvalue weighted by atomic mass is 10.2. The van der Waals surface area contributed by atoms with Crippen molar-refractivity contribution in [3.05, 3.63) is 28.2 Å². The summed E-state index contributed by atoms with van der Waals surface area (Å²) >= 11 is 3.52. The molecular formula is C19H34BrN3OSi-. The normalized spacial score (nSPS) is 17.8. The minimum atomic E-state index is -1.62. The van der Waals surface area contributed by atoms with Gasteiger partial charge in [-0.15, -0.1) is 18.1 Å². The van der Waals surface area contributed by atoms with Gasteiger partial charge in [-0.2, -0.15) is 0 Å². The summed E-state index contributed by atoms with van der Waals surface area (Å²) in [6, 6.07) is 6.24. The molecule has 1 saturated heterocycles. The van der Waals surface area contributed by atoms with E-state index in [-0.39, 0.29) is 0 Å². The van der Waals surface area contributed by atoms with Gasteiger partial charge in [0.2, 0.25) is 0 Å². The predicted octanol–water partition coefficient (Wildman–Crippen LogP) is 4.17. The smallest absolute Gasteiger partial charge is 0.0458 e. The van der Waals surface area contributed by atoms with Crippen molar-refractivity contribution in [1.82, 2.24) is 9.80 Å². The molecule has 2 rings (SSSR count). The monoisotopic (exact) mass is 427 g/mol. The Labute approximate surface area is 163 Å². The lowest BCUT2D eigenvalue weighted by molar-refractivity contribution is 0.110. The van der Waals surface area contributed by atoms with Crippen LogP contribution in [0.25, 0.3) is 0 Å². The van der Waals surface area contributed by atoms with Gasteiger partial charge in [0.1, 0.15) is 0 Å². The first-order chi connectivity index (χ1) is 11.6. The third-order valence-corrected chi connectivity index (χ3v) is 10.8. The van der Waals surface area contributed by atoms with Gasteiger partial charge in [-0.1, -0.05) is 26.8 Å². The van der Waals surface area contributed by atoms with Crippen LogP contribution in [0.1, 0.15) is 26.3 Å². The second-order valence-electron chi connectivity index (χ2n) is 8.58. The number of nitrogens with zero attached hydrogens (tertiary/aromatic N) is 2. The topological polar surface area (TPSA) is 41.7 Å². The second kappa shape index (κ2) is 8.52. The highest BCUT2D eigenvalue weighted by atomic mass is 79.9. The number of nitrogen functional groups attached to an aromatic ring is 1. The van der Waals surface area contributed by atoms with Crippen LogP contribution in [-0.2, 0) is 11.0 Å². The molecule has 1 fully saturated rings. The highest BCUT2D eigenvalue weighted by Gasteiger charge is 2.25. The molecule has 0 amide bonds. The van der Waals surface area contributed by atoms with Crippen LogP contribution in [0.15, 0.2) is 22.7 Å². The van der Waals surface area contributed by atoms with Gasteiger partial charge in [-0.3, -0.25) is 9.80 Å². The van der Waals surface area contributed by atoms with Crippen LogP contribution in [-0.4, -0.2) is 57.4 Å². The van der Waals surface area contributed by atoms with E-state index in [4.69, 9.17) is 10.2 Å². The number of anilines is 1. The van der Waals surface area contributed by atoms with Crippen molar-refractivity contribution in [2.75, 3.05) is 45.1 Å². The van der Waals surface area contributed by atoms with E-state index in [0.717, 1.165) is 56.0 Å². The van der Waals surface area contributed by atoms with Crippen LogP contribution in [0, 0.1) is 0 Å². The van der Waals surface area contributed by atoms with Crippen LogP contribution in [0.4, 0.5) is 5.69 Å². The van der Waals surface area contributed by atoms with Crippen molar-refractivity contribution in [2.24, 2.45) is 0 Å². The van der Waals surface area contributed by atoms with Crippen molar-refractivity contribution < 1.29 is 4.43 Å². The molecular weight excluding hydrogens is 394 g/mol. The van der Waals surface area contributed by atoms with E-state index >= 15 is 0 Å². The quantitative estimate of drug-likeness (QED) is 0.546. The van der Waals surface area contributed by atoms with Crippen molar-refractivity contribution >= 4 is 29.9 Å². The van der Waals surface area contributed by atoms with Gasteiger partial charge in [-0.05, 0) is 41.9 Å².